The smallest absolute Gasteiger partial charge is 0.159 e. The molecule has 0 unspecified atom stereocenters. The monoisotopic (exact) mass is 354 g/mol. The van der Waals surface area contributed by atoms with E-state index in [1.165, 1.54) is 18.4 Å². The third-order valence-corrected chi connectivity index (χ3v) is 5.24. The first kappa shape index (κ1) is 18.9. The summed E-state index contributed by atoms with van der Waals surface area (Å²) in [6.45, 7) is 8.83. The molecule has 0 saturated carbocycles. The lowest BCUT2D eigenvalue weighted by atomic mass is 9.96. The summed E-state index contributed by atoms with van der Waals surface area (Å²) in [6.07, 6.45) is 2.47. The molecule has 0 atom stereocenters. The van der Waals surface area contributed by atoms with E-state index in [2.05, 4.69) is 29.0 Å². The van der Waals surface area contributed by atoms with E-state index in [9.17, 15) is 4.79 Å². The number of hydrogen-bond donors (Lipinski definition) is 0. The van der Waals surface area contributed by atoms with Crippen molar-refractivity contribution in [2.24, 2.45) is 5.92 Å². The highest BCUT2D eigenvalue weighted by Gasteiger charge is 2.21. The maximum atomic E-state index is 11.5. The summed E-state index contributed by atoms with van der Waals surface area (Å²) in [5, 5.41) is 0. The molecule has 1 aliphatic rings. The Morgan fingerprint density at radius 3 is 2.65 bits per heavy atom. The summed E-state index contributed by atoms with van der Waals surface area (Å²) in [4.78, 5) is 16.4. The quantitative estimate of drug-likeness (QED) is 0.701. The lowest BCUT2D eigenvalue weighted by molar-refractivity contribution is 0.101. The Morgan fingerprint density at radius 1 is 1.23 bits per heavy atom. The number of furan rings is 1. The van der Waals surface area contributed by atoms with Crippen LogP contribution in [0, 0.1) is 12.8 Å². The number of nitrogens with zero attached hydrogens (tertiary/aromatic N) is 2. The number of hydrogen-bond acceptors (Lipinski definition) is 4. The summed E-state index contributed by atoms with van der Waals surface area (Å²) >= 11 is 0. The van der Waals surface area contributed by atoms with Crippen LogP contribution in [0.4, 0.5) is 0 Å². The van der Waals surface area contributed by atoms with Crippen molar-refractivity contribution in [2.45, 2.75) is 39.8 Å². The molecular weight excluding hydrogens is 324 g/mol. The number of likely N-dealkylation sites (tertiary alicyclic amines) is 1. The molecule has 1 saturated heterocycles. The summed E-state index contributed by atoms with van der Waals surface area (Å²) < 4.78 is 5.70. The van der Waals surface area contributed by atoms with E-state index < -0.39 is 0 Å². The minimum Gasteiger partial charge on any atom is -0.465 e. The molecule has 26 heavy (non-hydrogen) atoms. The number of carbonyl (C=O) groups is 1. The Bertz CT molecular complexity index is 729. The summed E-state index contributed by atoms with van der Waals surface area (Å²) in [5.74, 6) is 2.94. The molecule has 0 amide bonds. The normalized spacial score (nSPS) is 16.3. The molecule has 0 bridgehead atoms. The first-order valence-electron chi connectivity index (χ1n) is 9.55. The number of piperidine rings is 1. The van der Waals surface area contributed by atoms with Gasteiger partial charge in [0.05, 0.1) is 6.54 Å². The van der Waals surface area contributed by atoms with Crippen molar-refractivity contribution in [3.05, 3.63) is 59.0 Å². The second kappa shape index (κ2) is 8.65. The van der Waals surface area contributed by atoms with Gasteiger partial charge in [-0.1, -0.05) is 18.2 Å². The van der Waals surface area contributed by atoms with E-state index in [1.807, 2.05) is 31.2 Å². The van der Waals surface area contributed by atoms with E-state index in [-0.39, 0.29) is 5.78 Å². The van der Waals surface area contributed by atoms with Gasteiger partial charge in [-0.25, -0.2) is 0 Å². The third-order valence-electron chi connectivity index (χ3n) is 5.24. The molecule has 0 radical (unpaired) electrons. The minimum absolute atomic E-state index is 0.133. The zero-order valence-electron chi connectivity index (χ0n) is 16.2. The number of rotatable bonds is 7. The average Bonchev–Trinajstić information content (AvgIpc) is 3.01. The molecule has 1 aliphatic heterocycles. The van der Waals surface area contributed by atoms with Gasteiger partial charge in [-0.2, -0.15) is 0 Å². The van der Waals surface area contributed by atoms with Crippen LogP contribution in [-0.4, -0.2) is 42.3 Å². The summed E-state index contributed by atoms with van der Waals surface area (Å²) in [6, 6.07) is 12.1. The number of benzene rings is 1. The van der Waals surface area contributed by atoms with E-state index in [1.54, 1.807) is 6.92 Å². The average molecular weight is 354 g/mol. The first-order chi connectivity index (χ1) is 12.5. The molecule has 2 heterocycles. The van der Waals surface area contributed by atoms with Crippen LogP contribution >= 0.6 is 0 Å². The molecule has 3 rings (SSSR count). The molecule has 4 heteroatoms. The molecule has 4 nitrogen and oxygen atoms in total. The second-order valence-corrected chi connectivity index (χ2v) is 7.69. The molecular formula is C22H30N2O2. The standard InChI is InChI=1S/C22H30N2O2/c1-17-7-8-22(26-17)16-24-11-9-19(10-12-24)14-23(3)15-20-5-4-6-21(13-20)18(2)25/h4-8,13,19H,9-12,14-16H2,1-3H3. The minimum atomic E-state index is 0.133. The van der Waals surface area contributed by atoms with E-state index >= 15 is 0 Å². The summed E-state index contributed by atoms with van der Waals surface area (Å²) in [5.41, 5.74) is 2.02. The number of ketones is 1. The van der Waals surface area contributed by atoms with E-state index in [0.717, 1.165) is 55.7 Å². The van der Waals surface area contributed by atoms with Crippen molar-refractivity contribution in [2.75, 3.05) is 26.7 Å². The van der Waals surface area contributed by atoms with Crippen LogP contribution in [0.5, 0.6) is 0 Å². The third kappa shape index (κ3) is 5.29. The lowest BCUT2D eigenvalue weighted by Crippen LogP contribution is -2.37. The zero-order chi connectivity index (χ0) is 18.5. The zero-order valence-corrected chi connectivity index (χ0v) is 16.2. The number of aryl methyl sites for hydroxylation is 1. The fourth-order valence-corrected chi connectivity index (χ4v) is 3.82. The van der Waals surface area contributed by atoms with Gasteiger partial charge in [-0.05, 0) is 76.5 Å². The summed E-state index contributed by atoms with van der Waals surface area (Å²) in [7, 11) is 2.18. The van der Waals surface area contributed by atoms with Gasteiger partial charge in [0.15, 0.2) is 5.78 Å². The van der Waals surface area contributed by atoms with Crippen LogP contribution < -0.4 is 0 Å². The highest BCUT2D eigenvalue weighted by molar-refractivity contribution is 5.94. The lowest BCUT2D eigenvalue weighted by Gasteiger charge is -2.33. The van der Waals surface area contributed by atoms with Gasteiger partial charge in [-0.3, -0.25) is 9.69 Å². The van der Waals surface area contributed by atoms with Crippen LogP contribution in [0.3, 0.4) is 0 Å². The molecule has 1 fully saturated rings. The molecule has 140 valence electrons. The van der Waals surface area contributed by atoms with Gasteiger partial charge < -0.3 is 9.32 Å². The van der Waals surface area contributed by atoms with Gasteiger partial charge in [-0.15, -0.1) is 0 Å². The van der Waals surface area contributed by atoms with Crippen molar-refractivity contribution in [1.82, 2.24) is 9.80 Å². The SMILES string of the molecule is CC(=O)c1cccc(CN(C)CC2CCN(Cc3ccc(C)o3)CC2)c1. The maximum absolute atomic E-state index is 11.5. The van der Waals surface area contributed by atoms with Crippen LogP contribution in [0.25, 0.3) is 0 Å². The van der Waals surface area contributed by atoms with Crippen molar-refractivity contribution in [3.8, 4) is 0 Å². The van der Waals surface area contributed by atoms with Crippen molar-refractivity contribution < 1.29 is 9.21 Å². The van der Waals surface area contributed by atoms with Crippen LogP contribution in [0.2, 0.25) is 0 Å². The molecule has 0 aliphatic carbocycles. The van der Waals surface area contributed by atoms with Crippen LogP contribution in [0.15, 0.2) is 40.8 Å². The molecule has 1 aromatic heterocycles. The molecule has 0 spiro atoms. The number of Topliss-reactive ketones (excluding diaryl/α,β-unsaturated/α-hetero) is 1. The van der Waals surface area contributed by atoms with Gasteiger partial charge in [0.1, 0.15) is 11.5 Å². The van der Waals surface area contributed by atoms with Crippen LogP contribution in [-0.2, 0) is 13.1 Å². The van der Waals surface area contributed by atoms with E-state index in [4.69, 9.17) is 4.42 Å². The topological polar surface area (TPSA) is 36.7 Å². The van der Waals surface area contributed by atoms with Gasteiger partial charge in [0, 0.05) is 18.7 Å². The Hall–Kier alpha value is -1.91. The molecule has 1 aromatic carbocycles. The van der Waals surface area contributed by atoms with Crippen molar-refractivity contribution >= 4 is 5.78 Å². The van der Waals surface area contributed by atoms with E-state index in [0.29, 0.717) is 0 Å². The second-order valence-electron chi connectivity index (χ2n) is 7.69. The molecule has 0 N–H and O–H groups in total. The Balaban J connectivity index is 1.43. The molecule has 2 aromatic rings. The fourth-order valence-electron chi connectivity index (χ4n) is 3.82. The maximum Gasteiger partial charge on any atom is 0.159 e. The highest BCUT2D eigenvalue weighted by Crippen LogP contribution is 2.21. The van der Waals surface area contributed by atoms with Crippen LogP contribution in [0.1, 0.15) is 47.2 Å². The predicted octanol–water partition coefficient (Wildman–Crippen LogP) is 4.13. The van der Waals surface area contributed by atoms with Gasteiger partial charge in [0.25, 0.3) is 0 Å². The Morgan fingerprint density at radius 2 is 2.00 bits per heavy atom. The van der Waals surface area contributed by atoms with Gasteiger partial charge >= 0.3 is 0 Å². The number of carbonyl (C=O) groups excluding carboxylic acids is 1. The highest BCUT2D eigenvalue weighted by atomic mass is 16.3. The Kier molecular flexibility index (Phi) is 6.28. The Labute approximate surface area is 156 Å². The first-order valence-corrected chi connectivity index (χ1v) is 9.55. The fraction of sp³-hybridized carbons (Fsp3) is 0.500. The van der Waals surface area contributed by atoms with Crippen molar-refractivity contribution in [1.29, 1.82) is 0 Å². The van der Waals surface area contributed by atoms with Gasteiger partial charge in [0.2, 0.25) is 0 Å². The largest absolute Gasteiger partial charge is 0.465 e. The van der Waals surface area contributed by atoms with Crippen molar-refractivity contribution in [3.63, 3.8) is 0 Å². The predicted molar refractivity (Wildman–Crippen MR) is 104 cm³/mol.